The van der Waals surface area contributed by atoms with Gasteiger partial charge in [0.15, 0.2) is 0 Å². The van der Waals surface area contributed by atoms with Crippen LogP contribution < -0.4 is 22.1 Å². The van der Waals surface area contributed by atoms with Gasteiger partial charge in [-0.25, -0.2) is 0 Å². The van der Waals surface area contributed by atoms with Gasteiger partial charge in [0.25, 0.3) is 0 Å². The van der Waals surface area contributed by atoms with E-state index in [1.807, 2.05) is 62.0 Å². The minimum atomic E-state index is -0.460. The number of nitrogens with two attached hydrogens (primary N) is 2. The smallest absolute Gasteiger partial charge is 0.242 e. The first-order chi connectivity index (χ1) is 25.5. The van der Waals surface area contributed by atoms with E-state index in [4.69, 9.17) is 20.9 Å². The van der Waals surface area contributed by atoms with Crippen LogP contribution in [0.3, 0.4) is 0 Å². The van der Waals surface area contributed by atoms with Gasteiger partial charge in [0.2, 0.25) is 24.1 Å². The van der Waals surface area contributed by atoms with E-state index in [0.29, 0.717) is 25.4 Å². The number of likely N-dealkylation sites (tertiary alicyclic amines) is 1. The van der Waals surface area contributed by atoms with Gasteiger partial charge < -0.3 is 41.4 Å². The summed E-state index contributed by atoms with van der Waals surface area (Å²) in [6.07, 6.45) is 5.08. The fraction of sp³-hybridized carbons (Fsp3) is 0.756. The van der Waals surface area contributed by atoms with Crippen LogP contribution in [0.4, 0.5) is 5.69 Å². The standard InChI is InChI=1S/C28H54N4O5.C10H15N3O.C3H8/c1-12-20(6)26(31(9)24(34)17-29-28(35)25(18(2)3)30(7)8)22(36-10)16-23(33)32-15-13-14-21(32)27(37-11)19(4)5;11-6-10(13-7-14)5-8-1-3-9(12)4-2-8;1-3-2/h18-22,25-27H,12-17H2,1-11H3,(H,29,35);1-4,7,10H,5-6,11-12H2,(H,13,14);3H2,1-2H3. The number of hydrogen-bond donors (Lipinski definition) is 4. The molecule has 6 N–H and O–H groups in total. The van der Waals surface area contributed by atoms with Gasteiger partial charge in [-0.2, -0.15) is 0 Å². The van der Waals surface area contributed by atoms with E-state index in [9.17, 15) is 19.2 Å². The van der Waals surface area contributed by atoms with Crippen LogP contribution >= 0.6 is 0 Å². The van der Waals surface area contributed by atoms with Crippen LogP contribution in [-0.2, 0) is 35.1 Å². The number of ether oxygens (including phenoxy) is 2. The van der Waals surface area contributed by atoms with Crippen molar-refractivity contribution in [2.45, 2.75) is 130 Å². The van der Waals surface area contributed by atoms with Gasteiger partial charge in [0.05, 0.1) is 43.3 Å². The molecule has 1 aliphatic heterocycles. The highest BCUT2D eigenvalue weighted by molar-refractivity contribution is 5.87. The van der Waals surface area contributed by atoms with E-state index < -0.39 is 6.10 Å². The van der Waals surface area contributed by atoms with Crippen molar-refractivity contribution >= 4 is 29.8 Å². The van der Waals surface area contributed by atoms with Gasteiger partial charge in [-0.15, -0.1) is 0 Å². The summed E-state index contributed by atoms with van der Waals surface area (Å²) in [6.45, 7) is 17.6. The van der Waals surface area contributed by atoms with E-state index in [0.717, 1.165) is 36.9 Å². The number of likely N-dealkylation sites (N-methyl/N-ethyl adjacent to an activating group) is 2. The number of nitrogen functional groups attached to an aromatic ring is 1. The highest BCUT2D eigenvalue weighted by atomic mass is 16.5. The van der Waals surface area contributed by atoms with Crippen molar-refractivity contribution in [2.24, 2.45) is 23.5 Å². The predicted molar refractivity (Wildman–Crippen MR) is 220 cm³/mol. The Morgan fingerprint density at radius 2 is 1.57 bits per heavy atom. The van der Waals surface area contributed by atoms with E-state index in [1.54, 1.807) is 26.2 Å². The number of hydrogen-bond acceptors (Lipinski definition) is 9. The number of carbonyl (C=O) groups is 4. The molecule has 312 valence electrons. The quantitative estimate of drug-likeness (QED) is 0.113. The molecular weight excluding hydrogens is 686 g/mol. The Balaban J connectivity index is 0.00000136. The number of rotatable bonds is 20. The molecule has 1 aromatic rings. The Hall–Kier alpha value is -3.26. The average Bonchev–Trinajstić information content (AvgIpc) is 3.60. The van der Waals surface area contributed by atoms with E-state index in [-0.39, 0.29) is 72.8 Å². The van der Waals surface area contributed by atoms with Gasteiger partial charge in [-0.1, -0.05) is 80.4 Å². The number of methoxy groups -OCH3 is 2. The number of amides is 4. The molecule has 0 aromatic heterocycles. The summed E-state index contributed by atoms with van der Waals surface area (Å²) < 4.78 is 11.6. The zero-order valence-corrected chi connectivity index (χ0v) is 35.9. The number of nitrogens with zero attached hydrogens (tertiary/aromatic N) is 3. The van der Waals surface area contributed by atoms with Gasteiger partial charge in [0.1, 0.15) is 0 Å². The van der Waals surface area contributed by atoms with Gasteiger partial charge in [0, 0.05) is 46.1 Å². The molecule has 7 unspecified atom stereocenters. The second kappa shape index (κ2) is 27.3. The molecule has 7 atom stereocenters. The molecule has 13 heteroatoms. The average molecular weight is 764 g/mol. The minimum absolute atomic E-state index is 0.00359. The molecule has 1 saturated heterocycles. The number of carbonyl (C=O) groups excluding carboxylic acids is 4. The third-order valence-corrected chi connectivity index (χ3v) is 9.98. The molecular formula is C41H77N7O6. The summed E-state index contributed by atoms with van der Waals surface area (Å²) in [6, 6.07) is 6.97. The van der Waals surface area contributed by atoms with Crippen molar-refractivity contribution in [1.29, 1.82) is 0 Å². The Kier molecular flexibility index (Phi) is 25.7. The Morgan fingerprint density at radius 3 is 2.02 bits per heavy atom. The zero-order chi connectivity index (χ0) is 41.5. The summed E-state index contributed by atoms with van der Waals surface area (Å²) in [5, 5.41) is 5.47. The molecule has 0 saturated carbocycles. The molecule has 1 heterocycles. The van der Waals surface area contributed by atoms with Crippen molar-refractivity contribution in [3.63, 3.8) is 0 Å². The van der Waals surface area contributed by atoms with E-state index in [1.165, 1.54) is 6.42 Å². The lowest BCUT2D eigenvalue weighted by Gasteiger charge is -2.39. The maximum atomic E-state index is 13.5. The second-order valence-electron chi connectivity index (χ2n) is 15.3. The van der Waals surface area contributed by atoms with Crippen molar-refractivity contribution in [1.82, 2.24) is 25.3 Å². The van der Waals surface area contributed by atoms with Crippen LogP contribution in [0.15, 0.2) is 24.3 Å². The van der Waals surface area contributed by atoms with Crippen LogP contribution in [-0.4, -0.2) is 130 Å². The first kappa shape index (κ1) is 50.7. The molecule has 0 bridgehead atoms. The van der Waals surface area contributed by atoms with Gasteiger partial charge >= 0.3 is 0 Å². The first-order valence-electron chi connectivity index (χ1n) is 19.8. The SMILES string of the molecule is CCC.CCC(C)C(C(CC(=O)N1CCCC1C(OC)C(C)C)OC)N(C)C(=O)CNC(=O)C(C(C)C)N(C)C.NCC(Cc1ccc(N)cc1)NC=O. The van der Waals surface area contributed by atoms with Crippen molar-refractivity contribution < 1.29 is 28.7 Å². The molecule has 0 radical (unpaired) electrons. The van der Waals surface area contributed by atoms with E-state index >= 15 is 0 Å². The third kappa shape index (κ3) is 17.0. The molecule has 0 spiro atoms. The fourth-order valence-corrected chi connectivity index (χ4v) is 7.13. The summed E-state index contributed by atoms with van der Waals surface area (Å²) in [7, 11) is 8.78. The number of nitrogens with one attached hydrogen (secondary N) is 2. The van der Waals surface area contributed by atoms with E-state index in [2.05, 4.69) is 52.2 Å². The van der Waals surface area contributed by atoms with Crippen LogP contribution in [0, 0.1) is 17.8 Å². The molecule has 0 aliphatic carbocycles. The van der Waals surface area contributed by atoms with Gasteiger partial charge in [-0.05, 0) is 68.8 Å². The molecule has 13 nitrogen and oxygen atoms in total. The summed E-state index contributed by atoms with van der Waals surface area (Å²) in [5.41, 5.74) is 12.9. The molecule has 4 amide bonds. The summed E-state index contributed by atoms with van der Waals surface area (Å²) in [5.74, 6) is 0.180. The van der Waals surface area contributed by atoms with Crippen molar-refractivity contribution in [2.75, 3.05) is 60.7 Å². The van der Waals surface area contributed by atoms with Crippen molar-refractivity contribution in [3.05, 3.63) is 29.8 Å². The number of benzene rings is 1. The Labute approximate surface area is 327 Å². The van der Waals surface area contributed by atoms with Crippen LogP contribution in [0.25, 0.3) is 0 Å². The van der Waals surface area contributed by atoms with Crippen LogP contribution in [0.5, 0.6) is 0 Å². The highest BCUT2D eigenvalue weighted by Gasteiger charge is 2.40. The van der Waals surface area contributed by atoms with Gasteiger partial charge in [-0.3, -0.25) is 24.1 Å². The second-order valence-corrected chi connectivity index (χ2v) is 15.3. The molecule has 2 rings (SSSR count). The normalized spacial score (nSPS) is 17.3. The highest BCUT2D eigenvalue weighted by Crippen LogP contribution is 2.29. The van der Waals surface area contributed by atoms with Crippen molar-refractivity contribution in [3.8, 4) is 0 Å². The predicted octanol–water partition coefficient (Wildman–Crippen LogP) is 3.93. The lowest BCUT2D eigenvalue weighted by molar-refractivity contribution is -0.144. The molecule has 54 heavy (non-hydrogen) atoms. The zero-order valence-electron chi connectivity index (χ0n) is 35.9. The van der Waals surface area contributed by atoms with Crippen LogP contribution in [0.2, 0.25) is 0 Å². The maximum absolute atomic E-state index is 13.5. The minimum Gasteiger partial charge on any atom is -0.399 e. The Morgan fingerprint density at radius 1 is 0.981 bits per heavy atom. The van der Waals surface area contributed by atoms with Crippen LogP contribution in [0.1, 0.15) is 93.1 Å². The molecule has 1 aliphatic rings. The largest absolute Gasteiger partial charge is 0.399 e. The first-order valence-corrected chi connectivity index (χ1v) is 19.8. The number of anilines is 1. The maximum Gasteiger partial charge on any atom is 0.242 e. The molecule has 1 fully saturated rings. The Bertz CT molecular complexity index is 1190. The lowest BCUT2D eigenvalue weighted by atomic mass is 9.90. The third-order valence-electron chi connectivity index (χ3n) is 9.98. The summed E-state index contributed by atoms with van der Waals surface area (Å²) in [4.78, 5) is 55.2. The monoisotopic (exact) mass is 764 g/mol. The topological polar surface area (TPSA) is 173 Å². The fourth-order valence-electron chi connectivity index (χ4n) is 7.13. The lowest BCUT2D eigenvalue weighted by Crippen LogP contribution is -2.55. The summed E-state index contributed by atoms with van der Waals surface area (Å²) >= 11 is 0. The molecule has 1 aromatic carbocycles.